The van der Waals surface area contributed by atoms with Gasteiger partial charge in [-0.05, 0) is 76.4 Å². The van der Waals surface area contributed by atoms with Gasteiger partial charge in [0.1, 0.15) is 0 Å². The molecule has 0 aliphatic heterocycles. The Kier molecular flexibility index (Phi) is 35.1. The summed E-state index contributed by atoms with van der Waals surface area (Å²) in [7, 11) is 1.86. The molecule has 0 fully saturated rings. The molecule has 1 aromatic heterocycles. The zero-order valence-corrected chi connectivity index (χ0v) is 30.3. The van der Waals surface area contributed by atoms with Crippen molar-refractivity contribution in [1.82, 2.24) is 15.2 Å². The van der Waals surface area contributed by atoms with E-state index in [2.05, 4.69) is 91.1 Å². The SMILES string of the molecule is C/C=C\C.C=CC(C)C(=O)N(C)CCCNCCCN(CC)c1ccccc1.CC.CC.CCC.c1ccc2[nH]ccc2c1. The molecule has 1 unspecified atom stereocenters. The summed E-state index contributed by atoms with van der Waals surface area (Å²) < 4.78 is 0. The molecule has 0 spiro atoms. The number of aromatic amines is 1. The van der Waals surface area contributed by atoms with E-state index >= 15 is 0 Å². The molecule has 3 aromatic rings. The van der Waals surface area contributed by atoms with Gasteiger partial charge in [0, 0.05) is 44.1 Å². The Morgan fingerprint density at radius 1 is 0.864 bits per heavy atom. The number of aromatic nitrogens is 1. The van der Waals surface area contributed by atoms with Gasteiger partial charge in [0.2, 0.25) is 5.91 Å². The molecule has 0 bridgehead atoms. The van der Waals surface area contributed by atoms with Crippen molar-refractivity contribution in [2.45, 2.75) is 88.5 Å². The van der Waals surface area contributed by atoms with Crippen molar-refractivity contribution in [1.29, 1.82) is 0 Å². The first-order valence-electron chi connectivity index (χ1n) is 16.9. The lowest BCUT2D eigenvalue weighted by atomic mass is 10.1. The number of allylic oxidation sites excluding steroid dienone is 2. The van der Waals surface area contributed by atoms with Crippen LogP contribution in [0.25, 0.3) is 10.9 Å². The van der Waals surface area contributed by atoms with Gasteiger partial charge in [0.15, 0.2) is 0 Å². The van der Waals surface area contributed by atoms with E-state index in [0.29, 0.717) is 0 Å². The average Bonchev–Trinajstić information content (AvgIpc) is 3.57. The van der Waals surface area contributed by atoms with Gasteiger partial charge in [-0.3, -0.25) is 4.79 Å². The number of carbonyl (C=O) groups is 1. The van der Waals surface area contributed by atoms with E-state index < -0.39 is 0 Å². The maximum absolute atomic E-state index is 11.9. The molecule has 3 rings (SSSR count). The number of anilines is 1. The Labute approximate surface area is 272 Å². The predicted molar refractivity (Wildman–Crippen MR) is 201 cm³/mol. The minimum absolute atomic E-state index is 0.0963. The van der Waals surface area contributed by atoms with Crippen LogP contribution in [-0.4, -0.2) is 55.6 Å². The number of hydrogen-bond acceptors (Lipinski definition) is 3. The highest BCUT2D eigenvalue weighted by atomic mass is 16.2. The lowest BCUT2D eigenvalue weighted by Crippen LogP contribution is -2.33. The van der Waals surface area contributed by atoms with E-state index in [-0.39, 0.29) is 11.8 Å². The molecule has 5 heteroatoms. The molecule has 0 saturated carbocycles. The van der Waals surface area contributed by atoms with Crippen LogP contribution in [0.2, 0.25) is 0 Å². The summed E-state index contributed by atoms with van der Waals surface area (Å²) >= 11 is 0. The zero-order chi connectivity index (χ0) is 34.0. The van der Waals surface area contributed by atoms with Crippen molar-refractivity contribution in [3.8, 4) is 0 Å². The highest BCUT2D eigenvalue weighted by molar-refractivity contribution is 5.80. The predicted octanol–water partition coefficient (Wildman–Crippen LogP) is 10.4. The molecule has 2 aromatic carbocycles. The summed E-state index contributed by atoms with van der Waals surface area (Å²) in [4.78, 5) is 19.2. The molecule has 0 aliphatic rings. The van der Waals surface area contributed by atoms with Crippen LogP contribution in [0.3, 0.4) is 0 Å². The smallest absolute Gasteiger partial charge is 0.228 e. The molecule has 5 nitrogen and oxygen atoms in total. The van der Waals surface area contributed by atoms with Crippen molar-refractivity contribution in [3.05, 3.63) is 91.7 Å². The Bertz CT molecular complexity index is 995. The second kappa shape index (κ2) is 34.2. The molecular weight excluding hydrogens is 540 g/mol. The van der Waals surface area contributed by atoms with Crippen LogP contribution in [0.15, 0.2) is 91.7 Å². The van der Waals surface area contributed by atoms with Gasteiger partial charge in [0.25, 0.3) is 0 Å². The van der Waals surface area contributed by atoms with Gasteiger partial charge in [-0.1, -0.05) is 110 Å². The molecule has 0 saturated heterocycles. The second-order valence-corrected chi connectivity index (χ2v) is 9.60. The van der Waals surface area contributed by atoms with E-state index in [1.807, 2.05) is 86.0 Å². The van der Waals surface area contributed by atoms with Crippen LogP contribution in [-0.2, 0) is 4.79 Å². The zero-order valence-electron chi connectivity index (χ0n) is 30.3. The van der Waals surface area contributed by atoms with Crippen LogP contribution in [0.4, 0.5) is 5.69 Å². The molecular formula is C39H68N4O. The van der Waals surface area contributed by atoms with Gasteiger partial charge in [-0.2, -0.15) is 0 Å². The number of para-hydroxylation sites is 2. The maximum atomic E-state index is 11.9. The van der Waals surface area contributed by atoms with Gasteiger partial charge in [-0.15, -0.1) is 6.58 Å². The van der Waals surface area contributed by atoms with Crippen LogP contribution in [0.5, 0.6) is 0 Å². The minimum Gasteiger partial charge on any atom is -0.372 e. The summed E-state index contributed by atoms with van der Waals surface area (Å²) in [5.41, 5.74) is 2.49. The summed E-state index contributed by atoms with van der Waals surface area (Å²) in [5, 5.41) is 4.74. The normalized spacial score (nSPS) is 10.1. The number of amides is 1. The number of nitrogens with one attached hydrogen (secondary N) is 2. The Balaban J connectivity index is -0.000000679. The number of rotatable bonds is 12. The van der Waals surface area contributed by atoms with Crippen LogP contribution in [0.1, 0.15) is 88.5 Å². The monoisotopic (exact) mass is 609 g/mol. The fourth-order valence-corrected chi connectivity index (χ4v) is 3.62. The standard InChI is InChI=1S/C20H33N3O.C8H7N.C4H8.C3H8.2C2H6/c1-5-18(3)20(24)22(4)16-10-14-21-15-11-17-23(6-2)19-12-8-7-9-13-19;1-2-4-8-7(3-1)5-6-9-8;1-3-4-2;1-3-2;2*1-2/h5,7-9,12-13,18,21H,1,6,10-11,14-17H2,2-4H3;1-6,9H;3-4H,1-2H3;3H2,1-2H3;2*1-2H3/b;;4-3-;;;. The third-order valence-electron chi connectivity index (χ3n) is 6.05. The summed E-state index contributed by atoms with van der Waals surface area (Å²) in [6.45, 7) is 28.8. The average molecular weight is 609 g/mol. The number of nitrogens with zero attached hydrogens (tertiary/aromatic N) is 2. The molecule has 0 radical (unpaired) electrons. The first kappa shape index (κ1) is 45.1. The van der Waals surface area contributed by atoms with Crippen LogP contribution >= 0.6 is 0 Å². The van der Waals surface area contributed by atoms with Gasteiger partial charge >= 0.3 is 0 Å². The topological polar surface area (TPSA) is 51.4 Å². The van der Waals surface area contributed by atoms with E-state index in [1.54, 1.807) is 11.0 Å². The first-order valence-corrected chi connectivity index (χ1v) is 16.9. The summed E-state index contributed by atoms with van der Waals surface area (Å²) in [6.07, 6.45) is 11.0. The molecule has 1 atom stereocenters. The highest BCUT2D eigenvalue weighted by Gasteiger charge is 2.13. The number of carbonyl (C=O) groups excluding carboxylic acids is 1. The minimum atomic E-state index is -0.0963. The lowest BCUT2D eigenvalue weighted by Gasteiger charge is -2.23. The first-order chi connectivity index (χ1) is 21.4. The highest BCUT2D eigenvalue weighted by Crippen LogP contribution is 2.12. The number of benzene rings is 2. The lowest BCUT2D eigenvalue weighted by molar-refractivity contribution is -0.132. The Morgan fingerprint density at radius 3 is 1.89 bits per heavy atom. The summed E-state index contributed by atoms with van der Waals surface area (Å²) in [6, 6.07) is 20.8. The van der Waals surface area contributed by atoms with Crippen molar-refractivity contribution in [2.24, 2.45) is 5.92 Å². The van der Waals surface area contributed by atoms with Gasteiger partial charge < -0.3 is 20.1 Å². The number of hydrogen-bond donors (Lipinski definition) is 2. The molecule has 250 valence electrons. The fourth-order valence-electron chi connectivity index (χ4n) is 3.62. The number of H-pyrrole nitrogens is 1. The van der Waals surface area contributed by atoms with Crippen LogP contribution in [0, 0.1) is 5.92 Å². The third kappa shape index (κ3) is 23.2. The van der Waals surface area contributed by atoms with Gasteiger partial charge in [0.05, 0.1) is 5.92 Å². The maximum Gasteiger partial charge on any atom is 0.228 e. The van der Waals surface area contributed by atoms with Crippen molar-refractivity contribution < 1.29 is 4.79 Å². The molecule has 0 aliphatic carbocycles. The second-order valence-electron chi connectivity index (χ2n) is 9.60. The van der Waals surface area contributed by atoms with Gasteiger partial charge in [-0.25, -0.2) is 0 Å². The Morgan fingerprint density at radius 2 is 1.39 bits per heavy atom. The fraction of sp³-hybridized carbons (Fsp3) is 0.513. The van der Waals surface area contributed by atoms with Crippen LogP contribution < -0.4 is 10.2 Å². The largest absolute Gasteiger partial charge is 0.372 e. The molecule has 2 N–H and O–H groups in total. The van der Waals surface area contributed by atoms with E-state index in [1.165, 1.54) is 23.0 Å². The van der Waals surface area contributed by atoms with E-state index in [0.717, 1.165) is 45.6 Å². The van der Waals surface area contributed by atoms with Crippen molar-refractivity contribution in [3.63, 3.8) is 0 Å². The van der Waals surface area contributed by atoms with Crippen molar-refractivity contribution in [2.75, 3.05) is 44.7 Å². The quantitative estimate of drug-likeness (QED) is 0.159. The molecule has 1 heterocycles. The van der Waals surface area contributed by atoms with E-state index in [4.69, 9.17) is 0 Å². The van der Waals surface area contributed by atoms with Crippen molar-refractivity contribution >= 4 is 22.5 Å². The van der Waals surface area contributed by atoms with E-state index in [9.17, 15) is 4.79 Å². The number of fused-ring (bicyclic) bond motifs is 1. The summed E-state index contributed by atoms with van der Waals surface area (Å²) in [5.74, 6) is 0.0485. The molecule has 44 heavy (non-hydrogen) atoms. The Hall–Kier alpha value is -3.31. The third-order valence-corrected chi connectivity index (χ3v) is 6.05. The molecule has 1 amide bonds.